The Bertz CT molecular complexity index is 1210. The van der Waals surface area contributed by atoms with Crippen LogP contribution in [0.4, 0.5) is 10.1 Å². The second kappa shape index (κ2) is 7.94. The van der Waals surface area contributed by atoms with Crippen molar-refractivity contribution in [1.82, 2.24) is 0 Å². The smallest absolute Gasteiger partial charge is 0.300 e. The van der Waals surface area contributed by atoms with E-state index in [-0.39, 0.29) is 16.7 Å². The van der Waals surface area contributed by atoms with E-state index in [0.717, 1.165) is 4.90 Å². The van der Waals surface area contributed by atoms with Gasteiger partial charge in [0.25, 0.3) is 11.7 Å². The van der Waals surface area contributed by atoms with Gasteiger partial charge in [0, 0.05) is 26.9 Å². The SMILES string of the molecule is O=C1C(=O)N(c2cccc(Cl)c2)C(c2ccccc2F)/C1=C(\O)c1cccc(Cl)c1. The molecule has 4 nitrogen and oxygen atoms in total. The summed E-state index contributed by atoms with van der Waals surface area (Å²) in [5, 5.41) is 11.6. The summed E-state index contributed by atoms with van der Waals surface area (Å²) in [5.74, 6) is -2.88. The van der Waals surface area contributed by atoms with Gasteiger partial charge in [0.1, 0.15) is 11.6 Å². The number of nitrogens with zero attached hydrogens (tertiary/aromatic N) is 1. The van der Waals surface area contributed by atoms with Crippen LogP contribution in [0.5, 0.6) is 0 Å². The highest BCUT2D eigenvalue weighted by atomic mass is 35.5. The molecule has 1 heterocycles. The van der Waals surface area contributed by atoms with Crippen LogP contribution in [0.2, 0.25) is 10.0 Å². The number of carbonyl (C=O) groups is 2. The first-order chi connectivity index (χ1) is 14.4. The Balaban J connectivity index is 1.99. The predicted molar refractivity (Wildman–Crippen MR) is 114 cm³/mol. The average molecular weight is 442 g/mol. The lowest BCUT2D eigenvalue weighted by Gasteiger charge is -2.25. The molecule has 1 aliphatic heterocycles. The molecule has 0 aliphatic carbocycles. The van der Waals surface area contributed by atoms with E-state index in [2.05, 4.69) is 0 Å². The number of ketones is 1. The van der Waals surface area contributed by atoms with E-state index in [1.165, 1.54) is 30.3 Å². The first-order valence-electron chi connectivity index (χ1n) is 8.95. The molecule has 0 radical (unpaired) electrons. The molecule has 0 aromatic heterocycles. The van der Waals surface area contributed by atoms with Gasteiger partial charge >= 0.3 is 0 Å². The number of anilines is 1. The number of hydrogen-bond acceptors (Lipinski definition) is 3. The first kappa shape index (κ1) is 20.1. The number of benzene rings is 3. The van der Waals surface area contributed by atoms with Gasteiger partial charge in [-0.25, -0.2) is 4.39 Å². The summed E-state index contributed by atoms with van der Waals surface area (Å²) >= 11 is 12.1. The van der Waals surface area contributed by atoms with Crippen LogP contribution in [0.1, 0.15) is 17.2 Å². The van der Waals surface area contributed by atoms with Crippen molar-refractivity contribution in [1.29, 1.82) is 0 Å². The Kier molecular flexibility index (Phi) is 5.33. The van der Waals surface area contributed by atoms with Crippen LogP contribution in [0, 0.1) is 5.82 Å². The van der Waals surface area contributed by atoms with Crippen LogP contribution in [0.15, 0.2) is 78.4 Å². The second-order valence-corrected chi connectivity index (χ2v) is 7.55. The molecule has 3 aromatic carbocycles. The summed E-state index contributed by atoms with van der Waals surface area (Å²) in [6, 6.07) is 17.2. The van der Waals surface area contributed by atoms with E-state index in [1.54, 1.807) is 42.5 Å². The molecule has 1 aliphatic rings. The summed E-state index contributed by atoms with van der Waals surface area (Å²) in [5.41, 5.74) is 0.392. The third-order valence-electron chi connectivity index (χ3n) is 4.83. The minimum Gasteiger partial charge on any atom is -0.507 e. The summed E-state index contributed by atoms with van der Waals surface area (Å²) in [6.45, 7) is 0. The second-order valence-electron chi connectivity index (χ2n) is 6.68. The molecule has 1 N–H and O–H groups in total. The van der Waals surface area contributed by atoms with Crippen LogP contribution in [0.3, 0.4) is 0 Å². The molecule has 0 saturated carbocycles. The maximum Gasteiger partial charge on any atom is 0.300 e. The van der Waals surface area contributed by atoms with Crippen molar-refractivity contribution in [3.05, 3.63) is 105 Å². The fraction of sp³-hybridized carbons (Fsp3) is 0.0435. The summed E-state index contributed by atoms with van der Waals surface area (Å²) in [7, 11) is 0. The number of aliphatic hydroxyl groups excluding tert-OH is 1. The van der Waals surface area contributed by atoms with Crippen LogP contribution >= 0.6 is 23.2 Å². The van der Waals surface area contributed by atoms with Crippen molar-refractivity contribution in [3.8, 4) is 0 Å². The van der Waals surface area contributed by atoms with Gasteiger partial charge < -0.3 is 5.11 Å². The lowest BCUT2D eigenvalue weighted by atomic mass is 9.94. The molecule has 1 amide bonds. The normalized spacial score (nSPS) is 18.1. The van der Waals surface area contributed by atoms with E-state index in [4.69, 9.17) is 23.2 Å². The van der Waals surface area contributed by atoms with Gasteiger partial charge in [-0.2, -0.15) is 0 Å². The molecule has 0 spiro atoms. The highest BCUT2D eigenvalue weighted by Crippen LogP contribution is 2.43. The van der Waals surface area contributed by atoms with Crippen molar-refractivity contribution in [2.75, 3.05) is 4.90 Å². The molecule has 1 saturated heterocycles. The quantitative estimate of drug-likeness (QED) is 0.319. The van der Waals surface area contributed by atoms with Crippen LogP contribution in [-0.4, -0.2) is 16.8 Å². The standard InChI is InChI=1S/C23H14Cl2FNO3/c24-14-6-3-5-13(11-14)21(28)19-20(17-9-1-2-10-18(17)26)27(23(30)22(19)29)16-8-4-7-15(25)12-16/h1-12,20,28H/b21-19+. The Morgan fingerprint density at radius 3 is 2.23 bits per heavy atom. The molecule has 3 aromatic rings. The maximum atomic E-state index is 14.8. The minimum absolute atomic E-state index is 0.0697. The van der Waals surface area contributed by atoms with Gasteiger partial charge in [0.2, 0.25) is 0 Å². The predicted octanol–water partition coefficient (Wildman–Crippen LogP) is 5.76. The third-order valence-corrected chi connectivity index (χ3v) is 5.30. The number of hydrogen-bond donors (Lipinski definition) is 1. The molecule has 1 fully saturated rings. The summed E-state index contributed by atoms with van der Waals surface area (Å²) in [6.07, 6.45) is 0. The monoisotopic (exact) mass is 441 g/mol. The van der Waals surface area contributed by atoms with E-state index >= 15 is 0 Å². The van der Waals surface area contributed by atoms with Crippen LogP contribution < -0.4 is 4.90 Å². The molecular weight excluding hydrogens is 428 g/mol. The van der Waals surface area contributed by atoms with Gasteiger partial charge in [-0.05, 0) is 36.4 Å². The van der Waals surface area contributed by atoms with Crippen LogP contribution in [-0.2, 0) is 9.59 Å². The lowest BCUT2D eigenvalue weighted by molar-refractivity contribution is -0.132. The fourth-order valence-corrected chi connectivity index (χ4v) is 3.88. The maximum absolute atomic E-state index is 14.8. The minimum atomic E-state index is -1.18. The third kappa shape index (κ3) is 3.47. The number of rotatable bonds is 3. The van der Waals surface area contributed by atoms with E-state index in [9.17, 15) is 19.1 Å². The molecule has 30 heavy (non-hydrogen) atoms. The topological polar surface area (TPSA) is 57.6 Å². The molecule has 1 atom stereocenters. The zero-order valence-electron chi connectivity index (χ0n) is 15.4. The van der Waals surface area contributed by atoms with Gasteiger partial charge in [0.05, 0.1) is 11.6 Å². The van der Waals surface area contributed by atoms with Crippen molar-refractivity contribution >= 4 is 46.3 Å². The molecule has 7 heteroatoms. The number of carbonyl (C=O) groups excluding carboxylic acids is 2. The average Bonchev–Trinajstić information content (AvgIpc) is 2.98. The summed E-state index contributed by atoms with van der Waals surface area (Å²) < 4.78 is 14.8. The Hall–Kier alpha value is -3.15. The number of aliphatic hydroxyl groups is 1. The first-order valence-corrected chi connectivity index (χ1v) is 9.71. The van der Waals surface area contributed by atoms with Crippen molar-refractivity contribution < 1.29 is 19.1 Å². The zero-order chi connectivity index (χ0) is 21.4. The Morgan fingerprint density at radius 1 is 0.900 bits per heavy atom. The highest BCUT2D eigenvalue weighted by molar-refractivity contribution is 6.51. The lowest BCUT2D eigenvalue weighted by Crippen LogP contribution is -2.29. The molecule has 4 rings (SSSR count). The van der Waals surface area contributed by atoms with Gasteiger partial charge in [-0.1, -0.05) is 59.6 Å². The van der Waals surface area contributed by atoms with E-state index in [0.29, 0.717) is 15.7 Å². The van der Waals surface area contributed by atoms with Crippen molar-refractivity contribution in [3.63, 3.8) is 0 Å². The molecule has 150 valence electrons. The number of halogens is 3. The van der Waals surface area contributed by atoms with E-state index < -0.39 is 29.3 Å². The number of amides is 1. The zero-order valence-corrected chi connectivity index (χ0v) is 16.9. The molecular formula is C23H14Cl2FNO3. The van der Waals surface area contributed by atoms with Crippen molar-refractivity contribution in [2.24, 2.45) is 0 Å². The van der Waals surface area contributed by atoms with Crippen molar-refractivity contribution in [2.45, 2.75) is 6.04 Å². The van der Waals surface area contributed by atoms with Crippen LogP contribution in [0.25, 0.3) is 5.76 Å². The Labute approximate surface area is 181 Å². The number of Topliss-reactive ketones (excluding diaryl/α,β-unsaturated/α-hetero) is 1. The molecule has 0 bridgehead atoms. The Morgan fingerprint density at radius 2 is 1.57 bits per heavy atom. The van der Waals surface area contributed by atoms with Gasteiger partial charge in [0.15, 0.2) is 0 Å². The largest absolute Gasteiger partial charge is 0.507 e. The fourth-order valence-electron chi connectivity index (χ4n) is 3.51. The van der Waals surface area contributed by atoms with Gasteiger partial charge in [-0.3, -0.25) is 14.5 Å². The summed E-state index contributed by atoms with van der Waals surface area (Å²) in [4.78, 5) is 27.1. The molecule has 1 unspecified atom stereocenters. The van der Waals surface area contributed by atoms with Gasteiger partial charge in [-0.15, -0.1) is 0 Å². The highest BCUT2D eigenvalue weighted by Gasteiger charge is 2.47. The van der Waals surface area contributed by atoms with E-state index in [1.807, 2.05) is 0 Å².